The zero-order valence-electron chi connectivity index (χ0n) is 23.7. The van der Waals surface area contributed by atoms with Gasteiger partial charge in [-0.05, 0) is 90.1 Å². The number of rotatable bonds is 9. The maximum atomic E-state index is 13.8. The van der Waals surface area contributed by atoms with E-state index in [1.54, 1.807) is 37.3 Å². The van der Waals surface area contributed by atoms with Crippen molar-refractivity contribution in [3.63, 3.8) is 0 Å². The molecule has 1 atom stereocenters. The highest BCUT2D eigenvalue weighted by atomic mass is 79.9. The summed E-state index contributed by atoms with van der Waals surface area (Å²) in [4.78, 5) is 30.7. The molecule has 8 nitrogen and oxygen atoms in total. The van der Waals surface area contributed by atoms with Crippen LogP contribution in [0.3, 0.4) is 0 Å². The van der Waals surface area contributed by atoms with Gasteiger partial charge in [-0.1, -0.05) is 37.6 Å². The van der Waals surface area contributed by atoms with Gasteiger partial charge in [0.15, 0.2) is 11.9 Å². The number of ether oxygens (including phenoxy) is 3. The van der Waals surface area contributed by atoms with Gasteiger partial charge in [-0.3, -0.25) is 4.79 Å². The number of benzene rings is 3. The van der Waals surface area contributed by atoms with Crippen LogP contribution in [0.2, 0.25) is 5.02 Å². The summed E-state index contributed by atoms with van der Waals surface area (Å²) >= 11 is 9.80. The van der Waals surface area contributed by atoms with E-state index < -0.39 is 12.1 Å². The first-order valence-electron chi connectivity index (χ1n) is 13.1. The summed E-state index contributed by atoms with van der Waals surface area (Å²) in [6.07, 6.45) is 0.566. The number of halogens is 2. The Labute approximate surface area is 252 Å². The van der Waals surface area contributed by atoms with E-state index in [0.29, 0.717) is 44.1 Å². The lowest BCUT2D eigenvalue weighted by molar-refractivity contribution is -0.147. The zero-order chi connectivity index (χ0) is 29.8. The van der Waals surface area contributed by atoms with Crippen molar-refractivity contribution in [2.24, 2.45) is 5.10 Å². The summed E-state index contributed by atoms with van der Waals surface area (Å²) in [5.74, 6) is 1.11. The van der Waals surface area contributed by atoms with Crippen molar-refractivity contribution >= 4 is 50.6 Å². The Morgan fingerprint density at radius 3 is 2.59 bits per heavy atom. The third kappa shape index (κ3) is 6.47. The van der Waals surface area contributed by atoms with Crippen molar-refractivity contribution in [3.05, 3.63) is 85.1 Å². The van der Waals surface area contributed by atoms with Crippen molar-refractivity contribution in [2.45, 2.75) is 46.6 Å². The van der Waals surface area contributed by atoms with Crippen LogP contribution in [0.4, 0.5) is 0 Å². The molecule has 0 aliphatic carbocycles. The molecule has 10 heteroatoms. The molecule has 0 N–H and O–H groups in total. The largest absolute Gasteiger partial charge is 0.494 e. The number of carbonyl (C=O) groups excluding carboxylic acids is 1. The number of hydrogen-bond donors (Lipinski definition) is 0. The van der Waals surface area contributed by atoms with Crippen LogP contribution >= 0.6 is 27.5 Å². The molecule has 0 fully saturated rings. The molecule has 1 aromatic heterocycles. The van der Waals surface area contributed by atoms with Gasteiger partial charge in [0, 0.05) is 16.1 Å². The fourth-order valence-corrected chi connectivity index (χ4v) is 5.31. The molecular formula is C31H31BrClN3O5. The summed E-state index contributed by atoms with van der Waals surface area (Å²) in [6, 6.07) is 14.4. The third-order valence-corrected chi connectivity index (χ3v) is 7.26. The number of nitrogens with zero attached hydrogens (tertiary/aromatic N) is 3. The van der Waals surface area contributed by atoms with Gasteiger partial charge in [-0.2, -0.15) is 9.78 Å². The number of aromatic nitrogens is 2. The number of carbonyl (C=O) groups is 1. The molecule has 0 radical (unpaired) electrons. The van der Waals surface area contributed by atoms with Gasteiger partial charge in [-0.25, -0.2) is 9.78 Å². The molecule has 214 valence electrons. The first-order valence-corrected chi connectivity index (χ1v) is 14.3. The normalized spacial score (nSPS) is 12.2. The van der Waals surface area contributed by atoms with Gasteiger partial charge in [-0.15, -0.1) is 0 Å². The molecule has 0 aliphatic heterocycles. The van der Waals surface area contributed by atoms with Gasteiger partial charge >= 0.3 is 5.97 Å². The van der Waals surface area contributed by atoms with E-state index in [9.17, 15) is 9.59 Å². The Balaban J connectivity index is 1.95. The topological polar surface area (TPSA) is 92.0 Å². The molecule has 0 amide bonds. The first-order chi connectivity index (χ1) is 19.5. The van der Waals surface area contributed by atoms with Gasteiger partial charge < -0.3 is 14.2 Å². The van der Waals surface area contributed by atoms with E-state index in [2.05, 4.69) is 34.9 Å². The molecule has 0 unspecified atom stereocenters. The van der Waals surface area contributed by atoms with Crippen molar-refractivity contribution in [1.29, 1.82) is 0 Å². The highest BCUT2D eigenvalue weighted by Gasteiger charge is 2.21. The second kappa shape index (κ2) is 12.9. The monoisotopic (exact) mass is 639 g/mol. The number of aryl methyl sites for hydroxylation is 1. The van der Waals surface area contributed by atoms with Crippen LogP contribution in [-0.2, 0) is 9.53 Å². The van der Waals surface area contributed by atoms with Crippen LogP contribution in [0.15, 0.2) is 62.9 Å². The minimum Gasteiger partial charge on any atom is -0.494 e. The second-order valence-electron chi connectivity index (χ2n) is 9.70. The van der Waals surface area contributed by atoms with E-state index in [0.717, 1.165) is 22.4 Å². The Morgan fingerprint density at radius 1 is 1.17 bits per heavy atom. The number of esters is 1. The summed E-state index contributed by atoms with van der Waals surface area (Å²) in [5, 5.41) is 5.43. The van der Waals surface area contributed by atoms with E-state index in [-0.39, 0.29) is 11.5 Å². The number of fused-ring (bicyclic) bond motifs is 1. The summed E-state index contributed by atoms with van der Waals surface area (Å²) < 4.78 is 18.4. The molecule has 0 aliphatic rings. The lowest BCUT2D eigenvalue weighted by Crippen LogP contribution is -2.25. The quantitative estimate of drug-likeness (QED) is 0.143. The Hall–Kier alpha value is -3.69. The van der Waals surface area contributed by atoms with Crippen LogP contribution < -0.4 is 15.0 Å². The summed E-state index contributed by atoms with van der Waals surface area (Å²) in [5.41, 5.74) is 3.28. The smallest absolute Gasteiger partial charge is 0.346 e. The lowest BCUT2D eigenvalue weighted by Gasteiger charge is -2.18. The molecule has 0 bridgehead atoms. The van der Waals surface area contributed by atoms with Crippen molar-refractivity contribution in [3.8, 4) is 22.9 Å². The first kappa shape index (κ1) is 30.3. The van der Waals surface area contributed by atoms with E-state index in [1.165, 1.54) is 18.0 Å². The number of hydrogen-bond acceptors (Lipinski definition) is 7. The Kier molecular flexibility index (Phi) is 9.50. The van der Waals surface area contributed by atoms with Crippen molar-refractivity contribution in [2.75, 3.05) is 13.7 Å². The second-order valence-corrected chi connectivity index (χ2v) is 11.0. The van der Waals surface area contributed by atoms with Crippen LogP contribution in [0, 0.1) is 6.92 Å². The summed E-state index contributed by atoms with van der Waals surface area (Å²) in [7, 11) is 1.29. The molecule has 0 saturated carbocycles. The summed E-state index contributed by atoms with van der Waals surface area (Å²) in [6.45, 7) is 10.2. The van der Waals surface area contributed by atoms with Crippen LogP contribution in [0.25, 0.3) is 22.3 Å². The maximum Gasteiger partial charge on any atom is 0.346 e. The minimum absolute atomic E-state index is 0.167. The molecule has 41 heavy (non-hydrogen) atoms. The Morgan fingerprint density at radius 2 is 1.90 bits per heavy atom. The fourth-order valence-electron chi connectivity index (χ4n) is 4.39. The fraction of sp³-hybridized carbons (Fsp3) is 0.290. The molecule has 0 spiro atoms. The maximum absolute atomic E-state index is 13.8. The van der Waals surface area contributed by atoms with Crippen molar-refractivity contribution < 1.29 is 19.0 Å². The molecule has 3 aromatic carbocycles. The average molecular weight is 641 g/mol. The van der Waals surface area contributed by atoms with Gasteiger partial charge in [0.1, 0.15) is 11.5 Å². The lowest BCUT2D eigenvalue weighted by atomic mass is 9.96. The molecule has 0 saturated heterocycles. The SMILES string of the molecule is CCOc1cc(C)c(-c2nc3ccccc3c(=O)n2N=Cc2cc(Cl)cc(Br)c2O[C@H](C)C(=O)OC)cc1C(C)C. The third-order valence-electron chi connectivity index (χ3n) is 6.45. The average Bonchev–Trinajstić information content (AvgIpc) is 2.93. The standard InChI is InChI=1S/C31H31BrClN3O5/c1-7-40-27-12-18(4)24(15-23(27)17(2)3)29-35-26-11-9-8-10-22(26)30(37)36(29)34-16-20-13-21(33)14-25(32)28(20)41-19(5)31(38)39-6/h8-17,19H,7H2,1-6H3/t19-/m1/s1. The zero-order valence-corrected chi connectivity index (χ0v) is 26.0. The van der Waals surface area contributed by atoms with Gasteiger partial charge in [0.05, 0.1) is 35.3 Å². The molecular weight excluding hydrogens is 610 g/mol. The highest BCUT2D eigenvalue weighted by molar-refractivity contribution is 9.10. The number of para-hydroxylation sites is 1. The van der Waals surface area contributed by atoms with Crippen LogP contribution in [-0.4, -0.2) is 41.7 Å². The van der Waals surface area contributed by atoms with Crippen LogP contribution in [0.1, 0.15) is 50.3 Å². The minimum atomic E-state index is -0.897. The van der Waals surface area contributed by atoms with Crippen molar-refractivity contribution in [1.82, 2.24) is 9.66 Å². The van der Waals surface area contributed by atoms with E-state index >= 15 is 0 Å². The van der Waals surface area contributed by atoms with Gasteiger partial charge in [0.2, 0.25) is 0 Å². The molecule has 4 rings (SSSR count). The Bertz CT molecular complexity index is 1700. The predicted octanol–water partition coefficient (Wildman–Crippen LogP) is 7.13. The van der Waals surface area contributed by atoms with Gasteiger partial charge in [0.25, 0.3) is 5.56 Å². The van der Waals surface area contributed by atoms with E-state index in [1.807, 2.05) is 32.0 Å². The van der Waals surface area contributed by atoms with Crippen LogP contribution in [0.5, 0.6) is 11.5 Å². The predicted molar refractivity (Wildman–Crippen MR) is 166 cm³/mol. The van der Waals surface area contributed by atoms with E-state index in [4.69, 9.17) is 30.8 Å². The number of methoxy groups -OCH3 is 1. The molecule has 4 aromatic rings. The highest BCUT2D eigenvalue weighted by Crippen LogP contribution is 2.35. The molecule has 1 heterocycles.